The van der Waals surface area contributed by atoms with Crippen molar-refractivity contribution < 1.29 is 13.2 Å². The number of benzene rings is 1. The van der Waals surface area contributed by atoms with Gasteiger partial charge in [0, 0.05) is 54.0 Å². The minimum absolute atomic E-state index is 0.0315. The van der Waals surface area contributed by atoms with Crippen LogP contribution in [0.2, 0.25) is 0 Å². The van der Waals surface area contributed by atoms with E-state index in [2.05, 4.69) is 26.2 Å². The van der Waals surface area contributed by atoms with Crippen LogP contribution in [-0.2, 0) is 10.0 Å². The Kier molecular flexibility index (Phi) is 6.46. The summed E-state index contributed by atoms with van der Waals surface area (Å²) < 4.78 is 28.5. The van der Waals surface area contributed by atoms with Gasteiger partial charge in [0.2, 0.25) is 10.0 Å². The molecule has 2 fully saturated rings. The maximum Gasteiger partial charge on any atom is 0.253 e. The van der Waals surface area contributed by atoms with Gasteiger partial charge in [-0.15, -0.1) is 0 Å². The molecule has 32 heavy (non-hydrogen) atoms. The Morgan fingerprint density at radius 3 is 2.69 bits per heavy atom. The van der Waals surface area contributed by atoms with E-state index < -0.39 is 10.0 Å². The van der Waals surface area contributed by atoms with Crippen molar-refractivity contribution in [1.82, 2.24) is 14.2 Å². The van der Waals surface area contributed by atoms with E-state index in [9.17, 15) is 13.2 Å². The molecule has 1 aliphatic heterocycles. The topological polar surface area (TPSA) is 109 Å². The first-order valence-corrected chi connectivity index (χ1v) is 13.0. The molecule has 10 heteroatoms. The highest BCUT2D eigenvalue weighted by Crippen LogP contribution is 2.44. The van der Waals surface area contributed by atoms with Crippen molar-refractivity contribution in [2.75, 3.05) is 43.8 Å². The number of amides is 1. The zero-order valence-electron chi connectivity index (χ0n) is 18.1. The summed E-state index contributed by atoms with van der Waals surface area (Å²) in [6.07, 6.45) is 2.66. The molecule has 1 aromatic carbocycles. The molecule has 0 bridgehead atoms. The first-order chi connectivity index (χ1) is 15.2. The number of anilines is 2. The second kappa shape index (κ2) is 8.99. The summed E-state index contributed by atoms with van der Waals surface area (Å²) in [4.78, 5) is 19.2. The molecule has 1 saturated heterocycles. The lowest BCUT2D eigenvalue weighted by molar-refractivity contribution is 0.0764. The number of nitrogens with zero attached hydrogens (tertiary/aromatic N) is 3. The maximum absolute atomic E-state index is 13.5. The Hall–Kier alpha value is -2.17. The molecule has 172 valence electrons. The molecule has 0 atom stereocenters. The van der Waals surface area contributed by atoms with Gasteiger partial charge in [0.05, 0.1) is 0 Å². The van der Waals surface area contributed by atoms with Crippen molar-refractivity contribution in [3.8, 4) is 0 Å². The van der Waals surface area contributed by atoms with Crippen LogP contribution >= 0.6 is 15.9 Å². The maximum atomic E-state index is 13.5. The van der Waals surface area contributed by atoms with Gasteiger partial charge in [-0.25, -0.2) is 13.4 Å². The Balaban J connectivity index is 1.50. The third-order valence-electron chi connectivity index (χ3n) is 5.86. The fraction of sp³-hybridized carbons (Fsp3) is 0.455. The van der Waals surface area contributed by atoms with Crippen molar-refractivity contribution in [2.45, 2.75) is 35.4 Å². The highest BCUT2D eigenvalue weighted by molar-refractivity contribution is 9.10. The molecule has 2 heterocycles. The highest BCUT2D eigenvalue weighted by Gasteiger charge is 2.40. The van der Waals surface area contributed by atoms with Crippen molar-refractivity contribution in [3.05, 3.63) is 47.7 Å². The number of carbonyl (C=O) groups is 1. The second-order valence-electron chi connectivity index (χ2n) is 8.48. The number of rotatable bonds is 6. The number of nitrogens with two attached hydrogens (primary N) is 1. The summed E-state index contributed by atoms with van der Waals surface area (Å²) in [5, 5.41) is 3.23. The third-order valence-corrected chi connectivity index (χ3v) is 8.86. The van der Waals surface area contributed by atoms with Crippen LogP contribution in [0.15, 0.2) is 41.3 Å². The molecule has 0 spiro atoms. The van der Waals surface area contributed by atoms with E-state index in [1.54, 1.807) is 41.3 Å². The van der Waals surface area contributed by atoms with Crippen LogP contribution in [-0.4, -0.2) is 65.6 Å². The fourth-order valence-corrected chi connectivity index (χ4v) is 5.67. The zero-order chi connectivity index (χ0) is 22.9. The van der Waals surface area contributed by atoms with Gasteiger partial charge in [0.1, 0.15) is 10.7 Å². The number of alkyl halides is 1. The van der Waals surface area contributed by atoms with E-state index in [0.717, 1.165) is 18.5 Å². The number of aromatic nitrogens is 1. The molecule has 3 N–H and O–H groups in total. The van der Waals surface area contributed by atoms with Gasteiger partial charge in [-0.05, 0) is 56.5 Å². The summed E-state index contributed by atoms with van der Waals surface area (Å²) in [5.41, 5.74) is 7.60. The molecule has 8 nitrogen and oxygen atoms in total. The van der Waals surface area contributed by atoms with Gasteiger partial charge in [0.25, 0.3) is 5.91 Å². The molecule has 1 amide bonds. The molecule has 2 aliphatic rings. The normalized spacial score (nSPS) is 18.8. The van der Waals surface area contributed by atoms with Crippen LogP contribution < -0.4 is 11.1 Å². The Bertz CT molecular complexity index is 1120. The molecule has 0 radical (unpaired) electrons. The van der Waals surface area contributed by atoms with Crippen LogP contribution in [0.1, 0.15) is 35.3 Å². The number of nitrogens with one attached hydrogen (secondary N) is 1. The molecule has 0 unspecified atom stereocenters. The summed E-state index contributed by atoms with van der Waals surface area (Å²) in [5.74, 6) is 0.246. The molecule has 4 rings (SSSR count). The number of aryl methyl sites for hydroxylation is 1. The van der Waals surface area contributed by atoms with Crippen LogP contribution in [0, 0.1) is 6.92 Å². The average Bonchev–Trinajstić information content (AvgIpc) is 3.54. The van der Waals surface area contributed by atoms with Gasteiger partial charge in [0.15, 0.2) is 0 Å². The van der Waals surface area contributed by atoms with E-state index in [-0.39, 0.29) is 21.7 Å². The van der Waals surface area contributed by atoms with Gasteiger partial charge in [-0.2, -0.15) is 4.31 Å². The minimum atomic E-state index is -3.77. The SMILES string of the molecule is Cc1ccc(S(=O)(=O)N2CCCN(C(=O)c3cccc(N)c3)CC2)c(NCC2(Br)CC2)n1. The van der Waals surface area contributed by atoms with Gasteiger partial charge >= 0.3 is 0 Å². The van der Waals surface area contributed by atoms with Crippen LogP contribution in [0.25, 0.3) is 0 Å². The van der Waals surface area contributed by atoms with Crippen molar-refractivity contribution in [3.63, 3.8) is 0 Å². The third kappa shape index (κ3) is 5.07. The smallest absolute Gasteiger partial charge is 0.253 e. The van der Waals surface area contributed by atoms with Gasteiger partial charge in [-0.1, -0.05) is 22.0 Å². The lowest BCUT2D eigenvalue weighted by atomic mass is 10.1. The number of pyridine rings is 1. The summed E-state index contributed by atoms with van der Waals surface area (Å²) in [6, 6.07) is 10.2. The van der Waals surface area contributed by atoms with Crippen LogP contribution in [0.4, 0.5) is 11.5 Å². The van der Waals surface area contributed by atoms with Crippen molar-refractivity contribution in [2.24, 2.45) is 0 Å². The predicted molar refractivity (Wildman–Crippen MR) is 128 cm³/mol. The Morgan fingerprint density at radius 1 is 1.19 bits per heavy atom. The first-order valence-electron chi connectivity index (χ1n) is 10.7. The minimum Gasteiger partial charge on any atom is -0.399 e. The van der Waals surface area contributed by atoms with Crippen LogP contribution in [0.3, 0.4) is 0 Å². The largest absolute Gasteiger partial charge is 0.399 e. The summed E-state index contributed by atoms with van der Waals surface area (Å²) in [6.45, 7) is 3.84. The van der Waals surface area contributed by atoms with Gasteiger partial charge < -0.3 is 16.0 Å². The second-order valence-corrected chi connectivity index (χ2v) is 12.1. The lowest BCUT2D eigenvalue weighted by Gasteiger charge is -2.23. The number of sulfonamides is 1. The highest BCUT2D eigenvalue weighted by atomic mass is 79.9. The molecule has 1 saturated carbocycles. The average molecular weight is 522 g/mol. The van der Waals surface area contributed by atoms with E-state index in [0.29, 0.717) is 49.7 Å². The monoisotopic (exact) mass is 521 g/mol. The quantitative estimate of drug-likeness (QED) is 0.446. The van der Waals surface area contributed by atoms with E-state index in [4.69, 9.17) is 5.73 Å². The molecular formula is C22H28BrN5O3S. The standard InChI is InChI=1S/C22H28BrN5O3S/c1-16-6-7-19(20(26-16)25-15-22(23)8-9-22)32(30,31)28-11-3-10-27(12-13-28)21(29)17-4-2-5-18(24)14-17/h2,4-7,14H,3,8-13,15,24H2,1H3,(H,25,26). The van der Waals surface area contributed by atoms with E-state index in [1.807, 2.05) is 6.92 Å². The number of nitrogen functional groups attached to an aromatic ring is 1. The Morgan fingerprint density at radius 2 is 1.97 bits per heavy atom. The summed E-state index contributed by atoms with van der Waals surface area (Å²) >= 11 is 3.68. The summed E-state index contributed by atoms with van der Waals surface area (Å²) in [7, 11) is -3.77. The molecule has 1 aliphatic carbocycles. The Labute approximate surface area is 197 Å². The first kappa shape index (κ1) is 23.0. The van der Waals surface area contributed by atoms with Gasteiger partial charge in [-0.3, -0.25) is 4.79 Å². The van der Waals surface area contributed by atoms with E-state index in [1.165, 1.54) is 4.31 Å². The van der Waals surface area contributed by atoms with Crippen molar-refractivity contribution >= 4 is 43.4 Å². The van der Waals surface area contributed by atoms with E-state index >= 15 is 0 Å². The molecular weight excluding hydrogens is 494 g/mol. The molecule has 2 aromatic rings. The zero-order valence-corrected chi connectivity index (χ0v) is 20.5. The number of hydrogen-bond donors (Lipinski definition) is 2. The van der Waals surface area contributed by atoms with Crippen LogP contribution in [0.5, 0.6) is 0 Å². The number of carbonyl (C=O) groups excluding carboxylic acids is 1. The molecule has 1 aromatic heterocycles. The number of halogens is 1. The lowest BCUT2D eigenvalue weighted by Crippen LogP contribution is -2.37. The fourth-order valence-electron chi connectivity index (χ4n) is 3.76. The number of hydrogen-bond acceptors (Lipinski definition) is 6. The predicted octanol–water partition coefficient (Wildman–Crippen LogP) is 2.85. The van der Waals surface area contributed by atoms with Crippen molar-refractivity contribution in [1.29, 1.82) is 0 Å².